The van der Waals surface area contributed by atoms with Crippen LogP contribution in [0, 0.1) is 0 Å². The van der Waals surface area contributed by atoms with E-state index in [4.69, 9.17) is 4.84 Å². The molecule has 1 N–H and O–H groups in total. The van der Waals surface area contributed by atoms with Gasteiger partial charge in [0.2, 0.25) is 0 Å². The van der Waals surface area contributed by atoms with Crippen LogP contribution in [-0.4, -0.2) is 45.9 Å². The molecule has 0 radical (unpaired) electrons. The summed E-state index contributed by atoms with van der Waals surface area (Å²) in [4.78, 5) is 34.1. The summed E-state index contributed by atoms with van der Waals surface area (Å²) < 4.78 is 0. The number of thioether (sulfide) groups is 1. The number of hydroxylamine groups is 2. The molecule has 144 valence electrons. The van der Waals surface area contributed by atoms with E-state index in [1.54, 1.807) is 30.3 Å². The van der Waals surface area contributed by atoms with Crippen molar-refractivity contribution in [1.29, 1.82) is 0 Å². The lowest BCUT2D eigenvalue weighted by molar-refractivity contribution is -0.166. The van der Waals surface area contributed by atoms with Crippen molar-refractivity contribution in [2.45, 2.75) is 17.5 Å². The fourth-order valence-electron chi connectivity index (χ4n) is 2.80. The Hall–Kier alpha value is -2.90. The largest absolute Gasteiger partial charge is 0.480 e. The van der Waals surface area contributed by atoms with Gasteiger partial charge in [0.05, 0.1) is 17.7 Å². The molecule has 6 nitrogen and oxygen atoms in total. The Morgan fingerprint density at radius 2 is 1.79 bits per heavy atom. The van der Waals surface area contributed by atoms with E-state index in [-0.39, 0.29) is 6.42 Å². The minimum Gasteiger partial charge on any atom is -0.480 e. The lowest BCUT2D eigenvalue weighted by Gasteiger charge is -2.26. The molecule has 0 aliphatic heterocycles. The number of hydrogen-bond donors (Lipinski definition) is 1. The number of aromatic nitrogens is 1. The SMILES string of the molecule is CON(C(=O)c1ccccc1)[C@@H](CCSc1ccc2ccccc2n1)C(=O)O. The van der Waals surface area contributed by atoms with Crippen molar-refractivity contribution in [3.05, 3.63) is 72.3 Å². The van der Waals surface area contributed by atoms with E-state index < -0.39 is 17.9 Å². The molecule has 0 saturated carbocycles. The van der Waals surface area contributed by atoms with Gasteiger partial charge in [-0.05, 0) is 30.7 Å². The second-order valence-electron chi connectivity index (χ2n) is 6.01. The maximum Gasteiger partial charge on any atom is 0.329 e. The fourth-order valence-corrected chi connectivity index (χ4v) is 3.68. The molecule has 1 amide bonds. The third kappa shape index (κ3) is 4.68. The van der Waals surface area contributed by atoms with Gasteiger partial charge in [-0.3, -0.25) is 9.63 Å². The minimum absolute atomic E-state index is 0.223. The summed E-state index contributed by atoms with van der Waals surface area (Å²) in [6, 6.07) is 19.1. The number of carbonyl (C=O) groups is 2. The lowest BCUT2D eigenvalue weighted by atomic mass is 10.1. The van der Waals surface area contributed by atoms with E-state index in [0.29, 0.717) is 11.3 Å². The van der Waals surface area contributed by atoms with Crippen molar-refractivity contribution < 1.29 is 19.5 Å². The van der Waals surface area contributed by atoms with Gasteiger partial charge in [-0.25, -0.2) is 14.8 Å². The van der Waals surface area contributed by atoms with Crippen molar-refractivity contribution in [3.8, 4) is 0 Å². The van der Waals surface area contributed by atoms with Crippen LogP contribution in [0.15, 0.2) is 71.8 Å². The van der Waals surface area contributed by atoms with E-state index in [2.05, 4.69) is 4.98 Å². The molecule has 0 aliphatic rings. The number of pyridine rings is 1. The van der Waals surface area contributed by atoms with Crippen molar-refractivity contribution in [2.75, 3.05) is 12.9 Å². The Morgan fingerprint density at radius 1 is 1.07 bits per heavy atom. The second kappa shape index (κ2) is 9.34. The topological polar surface area (TPSA) is 79.7 Å². The Labute approximate surface area is 167 Å². The van der Waals surface area contributed by atoms with Crippen molar-refractivity contribution >= 4 is 34.5 Å². The van der Waals surface area contributed by atoms with Crippen molar-refractivity contribution in [2.24, 2.45) is 0 Å². The maximum absolute atomic E-state index is 12.6. The van der Waals surface area contributed by atoms with Gasteiger partial charge in [0.15, 0.2) is 6.04 Å². The molecule has 1 heterocycles. The third-order valence-electron chi connectivity index (χ3n) is 4.20. The van der Waals surface area contributed by atoms with Crippen LogP contribution in [-0.2, 0) is 9.63 Å². The van der Waals surface area contributed by atoms with E-state index in [0.717, 1.165) is 21.0 Å². The van der Waals surface area contributed by atoms with Gasteiger partial charge in [-0.15, -0.1) is 11.8 Å². The molecule has 28 heavy (non-hydrogen) atoms. The van der Waals surface area contributed by atoms with Gasteiger partial charge >= 0.3 is 5.97 Å². The zero-order valence-corrected chi connectivity index (χ0v) is 16.1. The molecule has 0 unspecified atom stereocenters. The lowest BCUT2D eigenvalue weighted by Crippen LogP contribution is -2.44. The normalized spacial score (nSPS) is 11.9. The molecule has 0 saturated heterocycles. The van der Waals surface area contributed by atoms with Crippen molar-refractivity contribution in [1.82, 2.24) is 10.0 Å². The summed E-state index contributed by atoms with van der Waals surface area (Å²) in [7, 11) is 1.30. The molecule has 0 bridgehead atoms. The maximum atomic E-state index is 12.6. The van der Waals surface area contributed by atoms with Crippen LogP contribution >= 0.6 is 11.8 Å². The molecule has 3 rings (SSSR count). The highest BCUT2D eigenvalue weighted by Crippen LogP contribution is 2.22. The van der Waals surface area contributed by atoms with E-state index in [1.165, 1.54) is 18.9 Å². The van der Waals surface area contributed by atoms with Crippen LogP contribution < -0.4 is 0 Å². The van der Waals surface area contributed by atoms with E-state index in [1.807, 2.05) is 36.4 Å². The Balaban J connectivity index is 1.67. The summed E-state index contributed by atoms with van der Waals surface area (Å²) in [6.45, 7) is 0. The van der Waals surface area contributed by atoms with Crippen molar-refractivity contribution in [3.63, 3.8) is 0 Å². The van der Waals surface area contributed by atoms with Gasteiger partial charge in [0.25, 0.3) is 5.91 Å². The summed E-state index contributed by atoms with van der Waals surface area (Å²) >= 11 is 1.45. The zero-order valence-electron chi connectivity index (χ0n) is 15.3. The van der Waals surface area contributed by atoms with Gasteiger partial charge in [0.1, 0.15) is 0 Å². The number of aliphatic carboxylic acids is 1. The number of carboxylic acid groups (broad SMARTS) is 1. The monoisotopic (exact) mass is 396 g/mol. The predicted molar refractivity (Wildman–Crippen MR) is 108 cm³/mol. The number of para-hydroxylation sites is 1. The number of carbonyl (C=O) groups excluding carboxylic acids is 1. The average Bonchev–Trinajstić information content (AvgIpc) is 2.73. The van der Waals surface area contributed by atoms with Crippen LogP contribution in [0.4, 0.5) is 0 Å². The summed E-state index contributed by atoms with van der Waals surface area (Å²) in [5, 5.41) is 12.4. The molecule has 3 aromatic rings. The van der Waals surface area contributed by atoms with Gasteiger partial charge in [-0.2, -0.15) is 0 Å². The first-order valence-electron chi connectivity index (χ1n) is 8.74. The fraction of sp³-hybridized carbons (Fsp3) is 0.190. The molecule has 2 aromatic carbocycles. The number of hydrogen-bond acceptors (Lipinski definition) is 5. The highest BCUT2D eigenvalue weighted by atomic mass is 32.2. The van der Waals surface area contributed by atoms with Crippen LogP contribution in [0.1, 0.15) is 16.8 Å². The summed E-state index contributed by atoms with van der Waals surface area (Å²) in [6.07, 6.45) is 0.223. The number of nitrogens with zero attached hydrogens (tertiary/aromatic N) is 2. The molecule has 0 fully saturated rings. The standard InChI is InChI=1S/C21H20N2O4S/c1-27-23(20(24)16-8-3-2-4-9-16)18(21(25)26)13-14-28-19-12-11-15-7-5-6-10-17(15)22-19/h2-12,18H,13-14H2,1H3,(H,25,26)/t18-/m0/s1. The Kier molecular flexibility index (Phi) is 6.62. The summed E-state index contributed by atoms with van der Waals surface area (Å²) in [5.41, 5.74) is 1.26. The third-order valence-corrected chi connectivity index (χ3v) is 5.16. The molecule has 0 spiro atoms. The smallest absolute Gasteiger partial charge is 0.329 e. The second-order valence-corrected chi connectivity index (χ2v) is 7.13. The quantitative estimate of drug-likeness (QED) is 0.460. The average molecular weight is 396 g/mol. The van der Waals surface area contributed by atoms with Crippen LogP contribution in [0.3, 0.4) is 0 Å². The molecule has 0 aliphatic carbocycles. The Morgan fingerprint density at radius 3 is 2.50 bits per heavy atom. The number of carboxylic acids is 1. The highest BCUT2D eigenvalue weighted by Gasteiger charge is 2.30. The van der Waals surface area contributed by atoms with Gasteiger partial charge < -0.3 is 5.11 Å². The molecule has 1 aromatic heterocycles. The first-order valence-corrected chi connectivity index (χ1v) is 9.73. The number of amides is 1. The molecule has 1 atom stereocenters. The van der Waals surface area contributed by atoms with E-state index >= 15 is 0 Å². The first kappa shape index (κ1) is 19.9. The van der Waals surface area contributed by atoms with Gasteiger partial charge in [-0.1, -0.05) is 42.5 Å². The molecular weight excluding hydrogens is 376 g/mol. The summed E-state index contributed by atoms with van der Waals surface area (Å²) in [5.74, 6) is -1.12. The highest BCUT2D eigenvalue weighted by molar-refractivity contribution is 7.99. The molecule has 7 heteroatoms. The minimum atomic E-state index is -1.11. The first-order chi connectivity index (χ1) is 13.6. The van der Waals surface area contributed by atoms with Gasteiger partial charge in [0, 0.05) is 16.7 Å². The predicted octanol–water partition coefficient (Wildman–Crippen LogP) is 3.87. The number of benzene rings is 2. The number of fused-ring (bicyclic) bond motifs is 1. The zero-order chi connectivity index (χ0) is 19.9. The van der Waals surface area contributed by atoms with Crippen LogP contribution in [0.5, 0.6) is 0 Å². The van der Waals surface area contributed by atoms with Crippen LogP contribution in [0.2, 0.25) is 0 Å². The molecular formula is C21H20N2O4S. The van der Waals surface area contributed by atoms with E-state index in [9.17, 15) is 14.7 Å². The Bertz CT molecular complexity index is 965. The van der Waals surface area contributed by atoms with Crippen LogP contribution in [0.25, 0.3) is 10.9 Å². The number of rotatable bonds is 8.